The summed E-state index contributed by atoms with van der Waals surface area (Å²) in [4.78, 5) is 38.4. The molecule has 7 nitrogen and oxygen atoms in total. The summed E-state index contributed by atoms with van der Waals surface area (Å²) in [7, 11) is 0. The fourth-order valence-electron chi connectivity index (χ4n) is 3.62. The molecule has 0 saturated carbocycles. The molecule has 0 radical (unpaired) electrons. The zero-order chi connectivity index (χ0) is 21.0. The molecule has 1 aliphatic heterocycles. The quantitative estimate of drug-likeness (QED) is 0.692. The van der Waals surface area contributed by atoms with Crippen LogP contribution in [0.2, 0.25) is 0 Å². The van der Waals surface area contributed by atoms with Gasteiger partial charge in [0.05, 0.1) is 19.3 Å². The highest BCUT2D eigenvalue weighted by Gasteiger charge is 2.33. The number of aryl methyl sites for hydroxylation is 2. The van der Waals surface area contributed by atoms with Crippen LogP contribution < -0.4 is 0 Å². The van der Waals surface area contributed by atoms with Gasteiger partial charge in [-0.05, 0) is 63.3 Å². The Morgan fingerprint density at radius 2 is 1.90 bits per heavy atom. The van der Waals surface area contributed by atoms with E-state index in [0.717, 1.165) is 40.5 Å². The lowest BCUT2D eigenvalue weighted by atomic mass is 10.0. The number of esters is 2. The number of piperidine rings is 1. The second kappa shape index (κ2) is 9.11. The maximum absolute atomic E-state index is 12.5. The molecule has 0 bridgehead atoms. The summed E-state index contributed by atoms with van der Waals surface area (Å²) in [5.41, 5.74) is 3.67. The molecule has 1 atom stereocenters. The van der Waals surface area contributed by atoms with E-state index in [1.54, 1.807) is 13.2 Å². The van der Waals surface area contributed by atoms with Crippen LogP contribution in [0.1, 0.15) is 42.9 Å². The van der Waals surface area contributed by atoms with Crippen LogP contribution in [0.5, 0.6) is 0 Å². The van der Waals surface area contributed by atoms with E-state index in [0.29, 0.717) is 13.0 Å². The van der Waals surface area contributed by atoms with Gasteiger partial charge in [-0.3, -0.25) is 9.59 Å². The standard InChI is InChI=1S/C22H27NO6/c1-4-27-22(26)18-7-5-6-8-23(18)20(24)13-29-21(25)11-16-12-28-19-10-15(3)14(2)9-17(16)19/h9-10,12,18H,4-8,11,13H2,1-3H3/t18-/m0/s1. The summed E-state index contributed by atoms with van der Waals surface area (Å²) < 4.78 is 15.8. The molecule has 2 aromatic rings. The summed E-state index contributed by atoms with van der Waals surface area (Å²) >= 11 is 0. The largest absolute Gasteiger partial charge is 0.464 e. The fraction of sp³-hybridized carbons (Fsp3) is 0.500. The van der Waals surface area contributed by atoms with E-state index < -0.39 is 18.0 Å². The van der Waals surface area contributed by atoms with Crippen molar-refractivity contribution < 1.29 is 28.3 Å². The summed E-state index contributed by atoms with van der Waals surface area (Å²) in [6, 6.07) is 3.33. The lowest BCUT2D eigenvalue weighted by Crippen LogP contribution is -2.50. The molecule has 1 aromatic heterocycles. The number of carbonyl (C=O) groups is 3. The molecule has 1 fully saturated rings. The second-order valence-electron chi connectivity index (χ2n) is 7.38. The number of hydrogen-bond donors (Lipinski definition) is 0. The van der Waals surface area contributed by atoms with Crippen LogP contribution >= 0.6 is 0 Å². The number of ether oxygens (including phenoxy) is 2. The Hall–Kier alpha value is -2.83. The van der Waals surface area contributed by atoms with Gasteiger partial charge in [0, 0.05) is 17.5 Å². The van der Waals surface area contributed by atoms with Crippen molar-refractivity contribution in [2.24, 2.45) is 0 Å². The third kappa shape index (κ3) is 4.78. The van der Waals surface area contributed by atoms with Crippen LogP contribution in [0.4, 0.5) is 0 Å². The zero-order valence-corrected chi connectivity index (χ0v) is 17.2. The van der Waals surface area contributed by atoms with E-state index in [1.165, 1.54) is 4.90 Å². The molecular formula is C22H27NO6. The predicted octanol–water partition coefficient (Wildman–Crippen LogP) is 3.08. The van der Waals surface area contributed by atoms with Crippen molar-refractivity contribution in [1.29, 1.82) is 0 Å². The molecule has 1 amide bonds. The van der Waals surface area contributed by atoms with Gasteiger partial charge in [0.2, 0.25) is 0 Å². The lowest BCUT2D eigenvalue weighted by Gasteiger charge is -2.33. The van der Waals surface area contributed by atoms with E-state index in [1.807, 2.05) is 26.0 Å². The summed E-state index contributed by atoms with van der Waals surface area (Å²) in [5, 5.41) is 0.870. The number of hydrogen-bond acceptors (Lipinski definition) is 6. The van der Waals surface area contributed by atoms with Gasteiger partial charge in [-0.25, -0.2) is 4.79 Å². The topological polar surface area (TPSA) is 86.0 Å². The van der Waals surface area contributed by atoms with Gasteiger partial charge in [0.25, 0.3) is 5.91 Å². The Balaban J connectivity index is 1.59. The number of benzene rings is 1. The van der Waals surface area contributed by atoms with Crippen molar-refractivity contribution in [2.75, 3.05) is 19.8 Å². The SMILES string of the molecule is CCOC(=O)[C@@H]1CCCCN1C(=O)COC(=O)Cc1coc2cc(C)c(C)cc12. The van der Waals surface area contributed by atoms with Gasteiger partial charge in [0.15, 0.2) is 6.61 Å². The molecule has 7 heteroatoms. The summed E-state index contributed by atoms with van der Waals surface area (Å²) in [6.45, 7) is 6.08. The van der Waals surface area contributed by atoms with Crippen LogP contribution in [0.3, 0.4) is 0 Å². The maximum Gasteiger partial charge on any atom is 0.328 e. The Bertz CT molecular complexity index is 915. The van der Waals surface area contributed by atoms with E-state index in [2.05, 4.69) is 0 Å². The van der Waals surface area contributed by atoms with E-state index in [-0.39, 0.29) is 25.5 Å². The van der Waals surface area contributed by atoms with Crippen molar-refractivity contribution in [3.8, 4) is 0 Å². The molecule has 1 aliphatic rings. The molecule has 0 N–H and O–H groups in total. The van der Waals surface area contributed by atoms with Crippen molar-refractivity contribution in [2.45, 2.75) is 52.5 Å². The Labute approximate surface area is 169 Å². The number of furan rings is 1. The first-order valence-corrected chi connectivity index (χ1v) is 9.99. The van der Waals surface area contributed by atoms with E-state index >= 15 is 0 Å². The monoisotopic (exact) mass is 401 g/mol. The molecule has 3 rings (SSSR count). The van der Waals surface area contributed by atoms with Gasteiger partial charge in [0.1, 0.15) is 11.6 Å². The van der Waals surface area contributed by atoms with Crippen molar-refractivity contribution in [1.82, 2.24) is 4.90 Å². The van der Waals surface area contributed by atoms with Gasteiger partial charge < -0.3 is 18.8 Å². The minimum atomic E-state index is -0.598. The molecule has 0 aliphatic carbocycles. The Morgan fingerprint density at radius 3 is 2.66 bits per heavy atom. The summed E-state index contributed by atoms with van der Waals surface area (Å²) in [5.74, 6) is -1.29. The van der Waals surface area contributed by atoms with Gasteiger partial charge in [-0.15, -0.1) is 0 Å². The van der Waals surface area contributed by atoms with Gasteiger partial charge in [-0.2, -0.15) is 0 Å². The first kappa shape index (κ1) is 20.9. The minimum Gasteiger partial charge on any atom is -0.464 e. The third-order valence-corrected chi connectivity index (χ3v) is 5.34. The zero-order valence-electron chi connectivity index (χ0n) is 17.2. The molecular weight excluding hydrogens is 374 g/mol. The van der Waals surface area contributed by atoms with Gasteiger partial charge >= 0.3 is 11.9 Å². The number of rotatable bonds is 6. The molecule has 156 valence electrons. The van der Waals surface area contributed by atoms with Crippen LogP contribution in [0.15, 0.2) is 22.8 Å². The van der Waals surface area contributed by atoms with Crippen molar-refractivity contribution in [3.63, 3.8) is 0 Å². The van der Waals surface area contributed by atoms with E-state index in [4.69, 9.17) is 13.9 Å². The average molecular weight is 401 g/mol. The highest BCUT2D eigenvalue weighted by molar-refractivity contribution is 5.89. The van der Waals surface area contributed by atoms with Crippen LogP contribution in [-0.4, -0.2) is 48.5 Å². The fourth-order valence-corrected chi connectivity index (χ4v) is 3.62. The third-order valence-electron chi connectivity index (χ3n) is 5.34. The average Bonchev–Trinajstić information content (AvgIpc) is 3.08. The maximum atomic E-state index is 12.5. The molecule has 2 heterocycles. The molecule has 1 saturated heterocycles. The van der Waals surface area contributed by atoms with Crippen molar-refractivity contribution in [3.05, 3.63) is 35.1 Å². The molecule has 29 heavy (non-hydrogen) atoms. The van der Waals surface area contributed by atoms with Crippen LogP contribution in [0, 0.1) is 13.8 Å². The second-order valence-corrected chi connectivity index (χ2v) is 7.38. The normalized spacial score (nSPS) is 16.7. The molecule has 1 aromatic carbocycles. The first-order chi connectivity index (χ1) is 13.9. The predicted molar refractivity (Wildman–Crippen MR) is 106 cm³/mol. The first-order valence-electron chi connectivity index (χ1n) is 9.99. The number of fused-ring (bicyclic) bond motifs is 1. The van der Waals surface area contributed by atoms with Crippen LogP contribution in [0.25, 0.3) is 11.0 Å². The van der Waals surface area contributed by atoms with Crippen LogP contribution in [-0.2, 0) is 30.3 Å². The highest BCUT2D eigenvalue weighted by atomic mass is 16.5. The Morgan fingerprint density at radius 1 is 1.14 bits per heavy atom. The number of nitrogens with zero attached hydrogens (tertiary/aromatic N) is 1. The minimum absolute atomic E-state index is 0.0179. The number of likely N-dealkylation sites (tertiary alicyclic amines) is 1. The smallest absolute Gasteiger partial charge is 0.328 e. The summed E-state index contributed by atoms with van der Waals surface area (Å²) in [6.07, 6.45) is 3.81. The number of amides is 1. The van der Waals surface area contributed by atoms with E-state index in [9.17, 15) is 14.4 Å². The van der Waals surface area contributed by atoms with Crippen molar-refractivity contribution >= 4 is 28.8 Å². The Kier molecular flexibility index (Phi) is 6.56. The molecule has 0 spiro atoms. The highest BCUT2D eigenvalue weighted by Crippen LogP contribution is 2.25. The molecule has 0 unspecified atom stereocenters. The lowest BCUT2D eigenvalue weighted by molar-refractivity contribution is -0.160. The van der Waals surface area contributed by atoms with Gasteiger partial charge in [-0.1, -0.05) is 0 Å². The number of carbonyl (C=O) groups excluding carboxylic acids is 3.